The van der Waals surface area contributed by atoms with Crippen LogP contribution in [0.3, 0.4) is 0 Å². The fourth-order valence-corrected chi connectivity index (χ4v) is 3.30. The van der Waals surface area contributed by atoms with Crippen molar-refractivity contribution in [2.24, 2.45) is 0 Å². The van der Waals surface area contributed by atoms with Crippen molar-refractivity contribution in [2.45, 2.75) is 26.3 Å². The molecular formula is C22H25N7O. The Balaban J connectivity index is 1.56. The Morgan fingerprint density at radius 2 is 1.93 bits per heavy atom. The molecule has 0 spiro atoms. The molecule has 3 aromatic heterocycles. The Morgan fingerprint density at radius 1 is 1.10 bits per heavy atom. The first-order chi connectivity index (χ1) is 14.7. The monoisotopic (exact) mass is 403 g/mol. The van der Waals surface area contributed by atoms with Gasteiger partial charge in [-0.05, 0) is 50.1 Å². The maximum atomic E-state index is 5.21. The van der Waals surface area contributed by atoms with Crippen molar-refractivity contribution >= 4 is 28.6 Å². The van der Waals surface area contributed by atoms with Gasteiger partial charge in [-0.15, -0.1) is 0 Å². The largest absolute Gasteiger partial charge is 0.497 e. The lowest BCUT2D eigenvalue weighted by Crippen LogP contribution is -2.08. The normalized spacial score (nSPS) is 11.1. The molecule has 1 aromatic carbocycles. The van der Waals surface area contributed by atoms with Crippen molar-refractivity contribution in [3.8, 4) is 5.75 Å². The minimum absolute atomic E-state index is 0.177. The highest BCUT2D eigenvalue weighted by molar-refractivity contribution is 5.86. The number of methoxy groups -OCH3 is 1. The average Bonchev–Trinajstić information content (AvgIpc) is 3.14. The van der Waals surface area contributed by atoms with Gasteiger partial charge in [0, 0.05) is 18.8 Å². The number of pyridine rings is 1. The van der Waals surface area contributed by atoms with Crippen molar-refractivity contribution in [1.82, 2.24) is 24.5 Å². The van der Waals surface area contributed by atoms with E-state index in [-0.39, 0.29) is 6.04 Å². The summed E-state index contributed by atoms with van der Waals surface area (Å²) in [7, 11) is 1.67. The number of ether oxygens (including phenoxy) is 1. The second-order valence-corrected chi connectivity index (χ2v) is 7.19. The van der Waals surface area contributed by atoms with Gasteiger partial charge in [0.15, 0.2) is 17.0 Å². The number of fused-ring (bicyclic) bond motifs is 1. The average molecular weight is 403 g/mol. The zero-order chi connectivity index (χ0) is 20.9. The van der Waals surface area contributed by atoms with Gasteiger partial charge in [-0.2, -0.15) is 0 Å². The maximum Gasteiger partial charge on any atom is 0.210 e. The fraction of sp³-hybridized carbons (Fsp3) is 0.273. The molecule has 0 saturated carbocycles. The number of anilines is 3. The number of nitrogens with zero attached hydrogens (tertiary/aromatic N) is 5. The van der Waals surface area contributed by atoms with E-state index >= 15 is 0 Å². The SMILES string of the molecule is COc1ccc(CCNc2ncnc3c2nc(Nc2cccnc2)n3C(C)C)cc1. The highest BCUT2D eigenvalue weighted by atomic mass is 16.5. The summed E-state index contributed by atoms with van der Waals surface area (Å²) in [5.74, 6) is 2.30. The third kappa shape index (κ3) is 4.17. The summed E-state index contributed by atoms with van der Waals surface area (Å²) in [6.07, 6.45) is 5.95. The number of hydrogen-bond acceptors (Lipinski definition) is 7. The molecule has 30 heavy (non-hydrogen) atoms. The van der Waals surface area contributed by atoms with Gasteiger partial charge in [-0.25, -0.2) is 15.0 Å². The number of benzene rings is 1. The summed E-state index contributed by atoms with van der Waals surface area (Å²) >= 11 is 0. The number of hydrogen-bond donors (Lipinski definition) is 2. The molecule has 0 aliphatic heterocycles. The van der Waals surface area contributed by atoms with E-state index in [2.05, 4.69) is 56.1 Å². The van der Waals surface area contributed by atoms with Crippen LogP contribution in [-0.4, -0.2) is 38.2 Å². The van der Waals surface area contributed by atoms with E-state index in [1.54, 1.807) is 25.8 Å². The molecule has 4 aromatic rings. The Labute approximate surface area is 175 Å². The van der Waals surface area contributed by atoms with Crippen molar-refractivity contribution in [3.63, 3.8) is 0 Å². The molecule has 3 heterocycles. The van der Waals surface area contributed by atoms with Gasteiger partial charge in [-0.3, -0.25) is 9.55 Å². The quantitative estimate of drug-likeness (QED) is 0.455. The lowest BCUT2D eigenvalue weighted by atomic mass is 10.1. The van der Waals surface area contributed by atoms with Crippen LogP contribution in [0, 0.1) is 0 Å². The molecular weight excluding hydrogens is 378 g/mol. The molecule has 0 saturated heterocycles. The maximum absolute atomic E-state index is 5.21. The molecule has 0 aliphatic carbocycles. The van der Waals surface area contributed by atoms with E-state index in [1.165, 1.54) is 5.56 Å². The first-order valence-electron chi connectivity index (χ1n) is 9.92. The highest BCUT2D eigenvalue weighted by Crippen LogP contribution is 2.28. The lowest BCUT2D eigenvalue weighted by Gasteiger charge is -2.13. The molecule has 4 rings (SSSR count). The van der Waals surface area contributed by atoms with Gasteiger partial charge >= 0.3 is 0 Å². The van der Waals surface area contributed by atoms with E-state index in [4.69, 9.17) is 9.72 Å². The van der Waals surface area contributed by atoms with E-state index < -0.39 is 0 Å². The van der Waals surface area contributed by atoms with Gasteiger partial charge in [0.05, 0.1) is 19.0 Å². The summed E-state index contributed by atoms with van der Waals surface area (Å²) < 4.78 is 7.28. The zero-order valence-corrected chi connectivity index (χ0v) is 17.3. The molecule has 8 heteroatoms. The van der Waals surface area contributed by atoms with Crippen molar-refractivity contribution in [2.75, 3.05) is 24.3 Å². The summed E-state index contributed by atoms with van der Waals surface area (Å²) in [4.78, 5) is 17.9. The minimum atomic E-state index is 0.177. The minimum Gasteiger partial charge on any atom is -0.497 e. The van der Waals surface area contributed by atoms with Crippen molar-refractivity contribution in [3.05, 3.63) is 60.7 Å². The molecule has 0 fully saturated rings. The van der Waals surface area contributed by atoms with Crippen molar-refractivity contribution in [1.29, 1.82) is 0 Å². The first kappa shape index (κ1) is 19.6. The van der Waals surface area contributed by atoms with Crippen LogP contribution in [0.15, 0.2) is 55.1 Å². The standard InChI is InChI=1S/C22H25N7O/c1-15(2)29-21-19(28-22(29)27-17-5-4-11-23-13-17)20(25-14-26-21)24-12-10-16-6-8-18(30-3)9-7-16/h4-9,11,13-15H,10,12H2,1-3H3,(H,27,28)(H,24,25,26). The number of rotatable bonds is 8. The number of aromatic nitrogens is 5. The number of nitrogens with one attached hydrogen (secondary N) is 2. The topological polar surface area (TPSA) is 89.8 Å². The third-order valence-corrected chi connectivity index (χ3v) is 4.78. The molecule has 0 radical (unpaired) electrons. The second-order valence-electron chi connectivity index (χ2n) is 7.19. The molecule has 0 bridgehead atoms. The second kappa shape index (κ2) is 8.77. The van der Waals surface area contributed by atoms with Crippen LogP contribution in [0.25, 0.3) is 11.2 Å². The molecule has 0 atom stereocenters. The molecule has 0 aliphatic rings. The fourth-order valence-electron chi connectivity index (χ4n) is 3.30. The van der Waals surface area contributed by atoms with E-state index in [1.807, 2.05) is 24.3 Å². The van der Waals surface area contributed by atoms with Crippen LogP contribution in [0.4, 0.5) is 17.5 Å². The van der Waals surface area contributed by atoms with Gasteiger partial charge < -0.3 is 15.4 Å². The van der Waals surface area contributed by atoms with Crippen LogP contribution in [0.2, 0.25) is 0 Å². The summed E-state index contributed by atoms with van der Waals surface area (Å²) in [6, 6.07) is 12.1. The molecule has 0 unspecified atom stereocenters. The molecule has 2 N–H and O–H groups in total. The smallest absolute Gasteiger partial charge is 0.210 e. The Hall–Kier alpha value is -3.68. The van der Waals surface area contributed by atoms with E-state index in [0.717, 1.165) is 41.4 Å². The molecule has 154 valence electrons. The van der Waals surface area contributed by atoms with Crippen LogP contribution >= 0.6 is 0 Å². The summed E-state index contributed by atoms with van der Waals surface area (Å²) in [5.41, 5.74) is 3.63. The van der Waals surface area contributed by atoms with Gasteiger partial charge in [0.2, 0.25) is 5.95 Å². The lowest BCUT2D eigenvalue weighted by molar-refractivity contribution is 0.414. The predicted octanol–water partition coefficient (Wildman–Crippen LogP) is 4.21. The van der Waals surface area contributed by atoms with E-state index in [9.17, 15) is 0 Å². The predicted molar refractivity (Wildman–Crippen MR) is 118 cm³/mol. The number of imidazole rings is 1. The van der Waals surface area contributed by atoms with Crippen LogP contribution in [-0.2, 0) is 6.42 Å². The van der Waals surface area contributed by atoms with Gasteiger partial charge in [-0.1, -0.05) is 12.1 Å². The Kier molecular flexibility index (Phi) is 5.74. The highest BCUT2D eigenvalue weighted by Gasteiger charge is 2.18. The van der Waals surface area contributed by atoms with Gasteiger partial charge in [0.25, 0.3) is 0 Å². The third-order valence-electron chi connectivity index (χ3n) is 4.78. The van der Waals surface area contributed by atoms with E-state index in [0.29, 0.717) is 5.95 Å². The first-order valence-corrected chi connectivity index (χ1v) is 9.92. The molecule has 8 nitrogen and oxygen atoms in total. The Bertz CT molecular complexity index is 1110. The summed E-state index contributed by atoms with van der Waals surface area (Å²) in [6.45, 7) is 4.95. The molecule has 0 amide bonds. The zero-order valence-electron chi connectivity index (χ0n) is 17.3. The Morgan fingerprint density at radius 3 is 2.63 bits per heavy atom. The van der Waals surface area contributed by atoms with Crippen LogP contribution in [0.1, 0.15) is 25.5 Å². The van der Waals surface area contributed by atoms with Crippen molar-refractivity contribution < 1.29 is 4.74 Å². The van der Waals surface area contributed by atoms with Crippen LogP contribution in [0.5, 0.6) is 5.75 Å². The summed E-state index contributed by atoms with van der Waals surface area (Å²) in [5, 5.41) is 6.75. The van der Waals surface area contributed by atoms with Crippen LogP contribution < -0.4 is 15.4 Å². The van der Waals surface area contributed by atoms with Gasteiger partial charge in [0.1, 0.15) is 12.1 Å².